The van der Waals surface area contributed by atoms with Gasteiger partial charge in [0.05, 0.1) is 6.61 Å². The Kier molecular flexibility index (Phi) is 8.89. The van der Waals surface area contributed by atoms with Gasteiger partial charge in [0.15, 0.2) is 5.44 Å². The summed E-state index contributed by atoms with van der Waals surface area (Å²) >= 11 is 0. The third-order valence-electron chi connectivity index (χ3n) is 4.43. The van der Waals surface area contributed by atoms with Gasteiger partial charge in [-0.1, -0.05) is 25.1 Å². The molecule has 2 aromatic rings. The summed E-state index contributed by atoms with van der Waals surface area (Å²) in [5.41, 5.74) is 2.16. The van der Waals surface area contributed by atoms with Crippen LogP contribution in [0.1, 0.15) is 43.5 Å². The molecule has 1 heterocycles. The van der Waals surface area contributed by atoms with Crippen LogP contribution < -0.4 is 4.74 Å². The number of rotatable bonds is 12. The fourth-order valence-corrected chi connectivity index (χ4v) is 3.59. The average Bonchev–Trinajstić information content (AvgIpc) is 2.68. The summed E-state index contributed by atoms with van der Waals surface area (Å²) in [5, 5.41) is 0. The van der Waals surface area contributed by atoms with E-state index in [2.05, 4.69) is 18.0 Å². The van der Waals surface area contributed by atoms with Crippen molar-refractivity contribution < 1.29 is 22.4 Å². The highest BCUT2D eigenvalue weighted by Crippen LogP contribution is 2.16. The predicted molar refractivity (Wildman–Crippen MR) is 109 cm³/mol. The van der Waals surface area contributed by atoms with E-state index < -0.39 is 15.6 Å². The molecule has 0 unspecified atom stereocenters. The molecule has 0 aliphatic rings. The normalized spacial score (nSPS) is 12.7. The van der Waals surface area contributed by atoms with Crippen molar-refractivity contribution in [1.29, 1.82) is 0 Å². The second-order valence-corrected chi connectivity index (χ2v) is 8.10. The number of hydrogen-bond donors (Lipinski definition) is 1. The van der Waals surface area contributed by atoms with Gasteiger partial charge in [-0.2, -0.15) is 8.42 Å². The van der Waals surface area contributed by atoms with Crippen molar-refractivity contribution in [2.24, 2.45) is 0 Å². The summed E-state index contributed by atoms with van der Waals surface area (Å²) in [6.07, 6.45) is 5.20. The van der Waals surface area contributed by atoms with Crippen LogP contribution in [0.5, 0.6) is 5.75 Å². The highest BCUT2D eigenvalue weighted by atomic mass is 32.2. The minimum Gasteiger partial charge on any atom is -0.493 e. The van der Waals surface area contributed by atoms with Crippen LogP contribution in [0.15, 0.2) is 42.6 Å². The zero-order chi connectivity index (χ0) is 20.4. The van der Waals surface area contributed by atoms with Crippen molar-refractivity contribution in [1.82, 2.24) is 4.98 Å². The van der Waals surface area contributed by atoms with E-state index in [0.717, 1.165) is 29.8 Å². The first-order valence-corrected chi connectivity index (χ1v) is 11.2. The molecule has 1 N–H and O–H groups in total. The van der Waals surface area contributed by atoms with Gasteiger partial charge in [0.1, 0.15) is 5.75 Å². The molecule has 0 saturated carbocycles. The third kappa shape index (κ3) is 7.58. The molecular weight excluding hydrogens is 378 g/mol. The number of pyridine rings is 1. The van der Waals surface area contributed by atoms with Gasteiger partial charge >= 0.3 is 0 Å². The van der Waals surface area contributed by atoms with Crippen LogP contribution in [0.25, 0.3) is 0 Å². The number of nitrogens with zero attached hydrogens (tertiary/aromatic N) is 1. The first kappa shape index (κ1) is 22.3. The number of hydrogen-bond acceptors (Lipinski definition) is 5. The highest BCUT2D eigenvalue weighted by Gasteiger charge is 2.22. The van der Waals surface area contributed by atoms with Crippen LogP contribution in [0.3, 0.4) is 0 Å². The largest absolute Gasteiger partial charge is 0.493 e. The molecule has 1 atom stereocenters. The van der Waals surface area contributed by atoms with Crippen molar-refractivity contribution >= 4 is 10.1 Å². The molecule has 28 heavy (non-hydrogen) atoms. The lowest BCUT2D eigenvalue weighted by atomic mass is 10.1. The quantitative estimate of drug-likeness (QED) is 0.538. The van der Waals surface area contributed by atoms with Crippen LogP contribution >= 0.6 is 0 Å². The number of aromatic nitrogens is 1. The lowest BCUT2D eigenvalue weighted by Crippen LogP contribution is -2.24. The maximum Gasteiger partial charge on any atom is 0.292 e. The molecule has 6 nitrogen and oxygen atoms in total. The van der Waals surface area contributed by atoms with Crippen molar-refractivity contribution in [3.8, 4) is 5.75 Å². The van der Waals surface area contributed by atoms with E-state index in [1.807, 2.05) is 36.5 Å². The highest BCUT2D eigenvalue weighted by molar-refractivity contribution is 7.86. The molecule has 1 aromatic carbocycles. The maximum absolute atomic E-state index is 11.3. The summed E-state index contributed by atoms with van der Waals surface area (Å²) in [5.74, 6) is 0.791. The number of benzene rings is 1. The van der Waals surface area contributed by atoms with Gasteiger partial charge in [-0.3, -0.25) is 9.54 Å². The van der Waals surface area contributed by atoms with Gasteiger partial charge in [0.25, 0.3) is 10.1 Å². The van der Waals surface area contributed by atoms with Crippen molar-refractivity contribution in [3.05, 3.63) is 59.4 Å². The monoisotopic (exact) mass is 407 g/mol. The second-order valence-electron chi connectivity index (χ2n) is 6.55. The fourth-order valence-electron chi connectivity index (χ4n) is 2.81. The van der Waals surface area contributed by atoms with E-state index >= 15 is 0 Å². The Balaban J connectivity index is 1.74. The molecule has 2 rings (SSSR count). The molecule has 0 fully saturated rings. The SMILES string of the molecule is CCO[C@H](CCCc1ccc(OCCc2ccc(CC)cn2)cc1)S(=O)(=O)O. The predicted octanol–water partition coefficient (Wildman–Crippen LogP) is 3.84. The molecule has 0 aliphatic carbocycles. The zero-order valence-corrected chi connectivity index (χ0v) is 17.3. The first-order valence-electron chi connectivity index (χ1n) is 9.65. The molecule has 0 aliphatic heterocycles. The van der Waals surface area contributed by atoms with Crippen molar-refractivity contribution in [2.45, 2.75) is 51.4 Å². The lowest BCUT2D eigenvalue weighted by molar-refractivity contribution is 0.103. The van der Waals surface area contributed by atoms with E-state index in [1.54, 1.807) is 6.92 Å². The topological polar surface area (TPSA) is 85.7 Å². The Labute approximate surface area is 167 Å². The minimum absolute atomic E-state index is 0.245. The molecule has 7 heteroatoms. The fraction of sp³-hybridized carbons (Fsp3) is 0.476. The van der Waals surface area contributed by atoms with E-state index in [-0.39, 0.29) is 13.0 Å². The summed E-state index contributed by atoms with van der Waals surface area (Å²) in [6.45, 7) is 4.61. The first-order chi connectivity index (χ1) is 13.4. The van der Waals surface area contributed by atoms with Crippen LogP contribution in [-0.2, 0) is 34.1 Å². The summed E-state index contributed by atoms with van der Waals surface area (Å²) < 4.78 is 42.5. The van der Waals surface area contributed by atoms with Gasteiger partial charge in [-0.15, -0.1) is 0 Å². The average molecular weight is 408 g/mol. The number of aryl methyl sites for hydroxylation is 2. The maximum atomic E-state index is 11.3. The summed E-state index contributed by atoms with van der Waals surface area (Å²) in [4.78, 5) is 4.42. The van der Waals surface area contributed by atoms with Crippen molar-refractivity contribution in [3.63, 3.8) is 0 Å². The molecule has 0 amide bonds. The Bertz CT molecular complexity index is 804. The molecule has 154 valence electrons. The molecule has 0 spiro atoms. The summed E-state index contributed by atoms with van der Waals surface area (Å²) in [7, 11) is -4.17. The zero-order valence-electron chi connectivity index (χ0n) is 16.5. The Hall–Kier alpha value is -1.96. The van der Waals surface area contributed by atoms with Gasteiger partial charge in [0, 0.05) is 24.9 Å². The Morgan fingerprint density at radius 1 is 1.04 bits per heavy atom. The molecule has 0 bridgehead atoms. The van der Waals surface area contributed by atoms with Gasteiger partial charge in [-0.25, -0.2) is 0 Å². The van der Waals surface area contributed by atoms with Gasteiger partial charge in [0.2, 0.25) is 0 Å². The minimum atomic E-state index is -4.17. The Morgan fingerprint density at radius 3 is 2.32 bits per heavy atom. The van der Waals surface area contributed by atoms with E-state index in [0.29, 0.717) is 19.4 Å². The standard InChI is InChI=1S/C21H29NO5S/c1-3-17-8-11-19(22-16-17)14-15-27-20-12-9-18(10-13-20)6-5-7-21(26-4-2)28(23,24)25/h8-13,16,21H,3-7,14-15H2,1-2H3,(H,23,24,25)/t21-/m0/s1. The van der Waals surface area contributed by atoms with Crippen LogP contribution in [0.4, 0.5) is 0 Å². The molecule has 1 aromatic heterocycles. The van der Waals surface area contributed by atoms with E-state index in [1.165, 1.54) is 5.56 Å². The molecule has 0 saturated heterocycles. The lowest BCUT2D eigenvalue weighted by Gasteiger charge is -2.13. The third-order valence-corrected chi connectivity index (χ3v) is 5.47. The Morgan fingerprint density at radius 2 is 1.75 bits per heavy atom. The molecular formula is C21H29NO5S. The van der Waals surface area contributed by atoms with Crippen LogP contribution in [0.2, 0.25) is 0 Å². The van der Waals surface area contributed by atoms with Crippen LogP contribution in [-0.4, -0.2) is 36.6 Å². The van der Waals surface area contributed by atoms with E-state index in [9.17, 15) is 8.42 Å². The molecule has 0 radical (unpaired) electrons. The number of ether oxygens (including phenoxy) is 2. The summed E-state index contributed by atoms with van der Waals surface area (Å²) in [6, 6.07) is 11.9. The van der Waals surface area contributed by atoms with Gasteiger partial charge < -0.3 is 9.47 Å². The van der Waals surface area contributed by atoms with Crippen molar-refractivity contribution in [2.75, 3.05) is 13.2 Å². The second kappa shape index (κ2) is 11.1. The van der Waals surface area contributed by atoms with Gasteiger partial charge in [-0.05, 0) is 61.9 Å². The van der Waals surface area contributed by atoms with E-state index in [4.69, 9.17) is 14.0 Å². The smallest absolute Gasteiger partial charge is 0.292 e. The van der Waals surface area contributed by atoms with Crippen LogP contribution in [0, 0.1) is 0 Å².